The largest absolute Gasteiger partial charge is 0.480 e. The predicted octanol–water partition coefficient (Wildman–Crippen LogP) is 4.15. The highest BCUT2D eigenvalue weighted by molar-refractivity contribution is 5.74. The monoisotopic (exact) mass is 645 g/mol. The zero-order valence-electron chi connectivity index (χ0n) is 25.7. The summed E-state index contributed by atoms with van der Waals surface area (Å²) in [6.07, 6.45) is -2.68. The molecule has 0 bridgehead atoms. The van der Waals surface area contributed by atoms with Gasteiger partial charge in [0.2, 0.25) is 17.9 Å². The molecule has 1 unspecified atom stereocenters. The summed E-state index contributed by atoms with van der Waals surface area (Å²) < 4.78 is 56.1. The second-order valence-electron chi connectivity index (χ2n) is 11.9. The van der Waals surface area contributed by atoms with Crippen molar-refractivity contribution in [2.24, 2.45) is 5.41 Å². The maximum atomic E-state index is 14.7. The molecule has 15 heteroatoms. The number of esters is 1. The molecule has 3 aromatic rings. The molecule has 0 amide bonds. The molecule has 4 heterocycles. The molecular formula is C31H38F3N7O5. The number of nitrogens with two attached hydrogens (primary N) is 1. The lowest BCUT2D eigenvalue weighted by Crippen LogP contribution is -2.41. The van der Waals surface area contributed by atoms with Crippen LogP contribution in [0.3, 0.4) is 0 Å². The topological polar surface area (TPSA) is 158 Å². The number of rotatable bonds is 11. The average molecular weight is 646 g/mol. The van der Waals surface area contributed by atoms with Crippen LogP contribution in [-0.2, 0) is 20.7 Å². The lowest BCUT2D eigenvalue weighted by molar-refractivity contribution is -0.198. The first kappa shape index (κ1) is 33.0. The van der Waals surface area contributed by atoms with Gasteiger partial charge >= 0.3 is 18.1 Å². The van der Waals surface area contributed by atoms with E-state index in [2.05, 4.69) is 20.4 Å². The number of carboxylic acid groups (broad SMARTS) is 1. The highest BCUT2D eigenvalue weighted by atomic mass is 19.4. The first-order valence-electron chi connectivity index (χ1n) is 15.3. The molecule has 2 aliphatic heterocycles. The number of halogens is 3. The van der Waals surface area contributed by atoms with Crippen LogP contribution < -0.4 is 20.7 Å². The molecule has 2 saturated heterocycles. The summed E-state index contributed by atoms with van der Waals surface area (Å²) in [6.45, 7) is 5.37. The van der Waals surface area contributed by atoms with Gasteiger partial charge in [0.25, 0.3) is 0 Å². The van der Waals surface area contributed by atoms with E-state index in [0.717, 1.165) is 5.56 Å². The van der Waals surface area contributed by atoms with Gasteiger partial charge < -0.3 is 30.5 Å². The molecule has 4 N–H and O–H groups in total. The highest BCUT2D eigenvalue weighted by Gasteiger charge is 2.46. The Morgan fingerprint density at radius 1 is 1.20 bits per heavy atom. The van der Waals surface area contributed by atoms with Crippen LogP contribution in [-0.4, -0.2) is 75.3 Å². The number of ether oxygens (including phenoxy) is 2. The van der Waals surface area contributed by atoms with Crippen molar-refractivity contribution in [3.63, 3.8) is 0 Å². The van der Waals surface area contributed by atoms with Crippen molar-refractivity contribution in [3.8, 4) is 11.6 Å². The van der Waals surface area contributed by atoms with Crippen molar-refractivity contribution in [1.82, 2.24) is 25.1 Å². The molecule has 2 fully saturated rings. The second-order valence-corrected chi connectivity index (χ2v) is 11.9. The van der Waals surface area contributed by atoms with E-state index in [1.165, 1.54) is 16.8 Å². The Morgan fingerprint density at radius 3 is 2.59 bits per heavy atom. The van der Waals surface area contributed by atoms with E-state index in [9.17, 15) is 27.9 Å². The van der Waals surface area contributed by atoms with Gasteiger partial charge in [0.05, 0.1) is 18.0 Å². The molecule has 0 radical (unpaired) electrons. The van der Waals surface area contributed by atoms with Crippen molar-refractivity contribution in [2.45, 2.75) is 70.7 Å². The molecule has 12 nitrogen and oxygen atoms in total. The molecule has 5 rings (SSSR count). The number of hydrogen-bond donors (Lipinski definition) is 3. The summed E-state index contributed by atoms with van der Waals surface area (Å²) in [7, 11) is 0. The Balaban J connectivity index is 1.38. The molecule has 0 saturated carbocycles. The van der Waals surface area contributed by atoms with Gasteiger partial charge in [0.1, 0.15) is 11.9 Å². The summed E-state index contributed by atoms with van der Waals surface area (Å²) in [5.41, 5.74) is 7.14. The van der Waals surface area contributed by atoms with E-state index >= 15 is 0 Å². The average Bonchev–Trinajstić information content (AvgIpc) is 3.62. The summed E-state index contributed by atoms with van der Waals surface area (Å²) in [5.74, 6) is -1.44. The Bertz CT molecular complexity index is 1560. The minimum absolute atomic E-state index is 0.162. The first-order valence-corrected chi connectivity index (χ1v) is 15.3. The zero-order valence-corrected chi connectivity index (χ0v) is 25.7. The molecule has 1 aromatic carbocycles. The number of aromatic nitrogens is 4. The minimum atomic E-state index is -4.84. The maximum Gasteiger partial charge on any atom is 0.429 e. The molecule has 46 heavy (non-hydrogen) atoms. The Labute approximate surface area is 264 Å². The fourth-order valence-electron chi connectivity index (χ4n) is 6.15. The Hall–Kier alpha value is -4.40. The summed E-state index contributed by atoms with van der Waals surface area (Å²) in [4.78, 5) is 33.3. The van der Waals surface area contributed by atoms with Gasteiger partial charge in [-0.15, -0.1) is 0 Å². The lowest BCUT2D eigenvalue weighted by atomic mass is 9.76. The number of nitrogens with zero attached hydrogens (tertiary/aromatic N) is 5. The molecule has 248 valence electrons. The van der Waals surface area contributed by atoms with Crippen LogP contribution in [0.15, 0.2) is 36.5 Å². The third-order valence-electron chi connectivity index (χ3n) is 8.55. The van der Waals surface area contributed by atoms with Crippen molar-refractivity contribution >= 4 is 23.7 Å². The molecular weight excluding hydrogens is 607 g/mol. The number of aryl methyl sites for hydroxylation is 2. The van der Waals surface area contributed by atoms with Crippen LogP contribution >= 0.6 is 0 Å². The summed E-state index contributed by atoms with van der Waals surface area (Å²) >= 11 is 0. The van der Waals surface area contributed by atoms with Crippen LogP contribution in [0.1, 0.15) is 62.0 Å². The number of benzene rings is 1. The van der Waals surface area contributed by atoms with E-state index in [1.54, 1.807) is 38.2 Å². The van der Waals surface area contributed by atoms with Gasteiger partial charge in [-0.2, -0.15) is 28.2 Å². The number of carbonyl (C=O) groups excluding carboxylic acids is 1. The standard InChI is InChI=1S/C31H38F3N7O5/c1-3-45-26(42)6-4-5-20-7-8-21(23(15-20)41-12-9-19(2)39-41)27(31(32,33)34)46-25-16-24(37-29(35)38-25)40-13-10-30(11-14-40)17-22(28(43)44)36-18-30/h7-9,12,15-16,22,27,36H,3-6,10-11,13-14,17-18H2,1-2H3,(H,43,44)(H2,35,37,38)/t22?,27-/m1/s1. The quantitative estimate of drug-likeness (QED) is 0.257. The maximum absolute atomic E-state index is 14.7. The lowest BCUT2D eigenvalue weighted by Gasteiger charge is -2.39. The van der Waals surface area contributed by atoms with Crippen LogP contribution in [0.5, 0.6) is 5.88 Å². The van der Waals surface area contributed by atoms with Crippen molar-refractivity contribution in [3.05, 3.63) is 53.3 Å². The van der Waals surface area contributed by atoms with Crippen molar-refractivity contribution in [1.29, 1.82) is 0 Å². The van der Waals surface area contributed by atoms with Gasteiger partial charge in [0, 0.05) is 43.9 Å². The van der Waals surface area contributed by atoms with Crippen LogP contribution in [0.2, 0.25) is 0 Å². The van der Waals surface area contributed by atoms with Gasteiger partial charge in [-0.1, -0.05) is 12.1 Å². The van der Waals surface area contributed by atoms with Gasteiger partial charge in [0.15, 0.2) is 0 Å². The van der Waals surface area contributed by atoms with E-state index in [-0.39, 0.29) is 47.5 Å². The number of anilines is 2. The Morgan fingerprint density at radius 2 is 1.96 bits per heavy atom. The molecule has 2 aliphatic rings. The highest BCUT2D eigenvalue weighted by Crippen LogP contribution is 2.42. The number of alkyl halides is 3. The Kier molecular flexibility index (Phi) is 9.70. The molecule has 2 aromatic heterocycles. The fourth-order valence-corrected chi connectivity index (χ4v) is 6.15. The van der Waals surface area contributed by atoms with E-state index in [1.807, 2.05) is 4.90 Å². The number of carbonyl (C=O) groups is 2. The molecule has 1 spiro atoms. The number of nitrogens with one attached hydrogen (secondary N) is 1. The molecule has 0 aliphatic carbocycles. The number of piperidine rings is 1. The third kappa shape index (κ3) is 7.69. The molecule has 2 atom stereocenters. The van der Waals surface area contributed by atoms with Gasteiger partial charge in [-0.25, -0.2) is 4.68 Å². The minimum Gasteiger partial charge on any atom is -0.480 e. The van der Waals surface area contributed by atoms with E-state index in [0.29, 0.717) is 63.3 Å². The first-order chi connectivity index (χ1) is 21.9. The van der Waals surface area contributed by atoms with Gasteiger partial charge in [-0.3, -0.25) is 9.59 Å². The number of hydrogen-bond acceptors (Lipinski definition) is 10. The summed E-state index contributed by atoms with van der Waals surface area (Å²) in [6, 6.07) is 7.00. The van der Waals surface area contributed by atoms with E-state index in [4.69, 9.17) is 15.2 Å². The number of carboxylic acids is 1. The van der Waals surface area contributed by atoms with E-state index < -0.39 is 24.3 Å². The van der Waals surface area contributed by atoms with Crippen LogP contribution in [0.25, 0.3) is 5.69 Å². The number of aliphatic carboxylic acids is 1. The van der Waals surface area contributed by atoms with Crippen molar-refractivity contribution < 1.29 is 37.3 Å². The summed E-state index contributed by atoms with van der Waals surface area (Å²) in [5, 5.41) is 16.8. The smallest absolute Gasteiger partial charge is 0.429 e. The second kappa shape index (κ2) is 13.5. The zero-order chi connectivity index (χ0) is 33.1. The van der Waals surface area contributed by atoms with Crippen LogP contribution in [0, 0.1) is 12.3 Å². The predicted molar refractivity (Wildman–Crippen MR) is 162 cm³/mol. The van der Waals surface area contributed by atoms with Gasteiger partial charge in [-0.05, 0) is 69.1 Å². The third-order valence-corrected chi connectivity index (χ3v) is 8.55. The fraction of sp³-hybridized carbons (Fsp3) is 0.516. The van der Waals surface area contributed by atoms with Crippen molar-refractivity contribution in [2.75, 3.05) is 36.9 Å². The normalized spacial score (nSPS) is 18.5. The number of nitrogen functional groups attached to an aromatic ring is 1. The van der Waals surface area contributed by atoms with Crippen LogP contribution in [0.4, 0.5) is 24.9 Å². The SMILES string of the molecule is CCOC(=O)CCCc1ccc([C@@H](Oc2cc(N3CCC4(CC3)CNC(C(=O)O)C4)nc(N)n2)C(F)(F)F)c(-n2ccc(C)n2)c1.